The molecule has 38 heavy (non-hydrogen) atoms. The molecular weight excluding hydrogens is 500 g/mol. The maximum atomic E-state index is 13.2. The summed E-state index contributed by atoms with van der Waals surface area (Å²) in [6.45, 7) is 9.25. The van der Waals surface area contributed by atoms with Gasteiger partial charge in [-0.2, -0.15) is 5.10 Å². The van der Waals surface area contributed by atoms with E-state index in [0.717, 1.165) is 16.4 Å². The zero-order valence-corrected chi connectivity index (χ0v) is 22.7. The highest BCUT2D eigenvalue weighted by Gasteiger charge is 2.29. The molecule has 0 aliphatic carbocycles. The van der Waals surface area contributed by atoms with Gasteiger partial charge in [0.1, 0.15) is 5.01 Å². The number of aryl methyl sites for hydroxylation is 1. The second-order valence-electron chi connectivity index (χ2n) is 10.4. The molecule has 5 heterocycles. The van der Waals surface area contributed by atoms with Crippen LogP contribution in [0.15, 0.2) is 48.9 Å². The molecule has 0 saturated carbocycles. The van der Waals surface area contributed by atoms with Crippen LogP contribution in [0.2, 0.25) is 0 Å². The summed E-state index contributed by atoms with van der Waals surface area (Å²) >= 11 is 1.38. The minimum Gasteiger partial charge on any atom is -0.339 e. The molecular formula is C27H30N8O2S. The van der Waals surface area contributed by atoms with Crippen LogP contribution in [0.1, 0.15) is 76.6 Å². The standard InChI is InChI=1S/C27H30N8O2S/c1-17-6-8-20(23(36)31-26-33-32-25(38-26)27(2,3)4)22(30-17)18-10-14-34(15-11-18)24(37)19-7-9-21(28-16-19)35-13-5-12-29-35/h5-9,12-13,16,18H,10-11,14-15H2,1-4H3,(H,31,33,36). The molecule has 1 saturated heterocycles. The van der Waals surface area contributed by atoms with Crippen molar-refractivity contribution in [3.05, 3.63) is 76.4 Å². The van der Waals surface area contributed by atoms with Crippen molar-refractivity contribution in [3.8, 4) is 5.82 Å². The number of anilines is 1. The lowest BCUT2D eigenvalue weighted by Gasteiger charge is -2.32. The molecule has 0 aromatic carbocycles. The van der Waals surface area contributed by atoms with Crippen molar-refractivity contribution in [2.45, 2.75) is 51.9 Å². The van der Waals surface area contributed by atoms with Gasteiger partial charge in [0.05, 0.1) is 16.8 Å². The van der Waals surface area contributed by atoms with Crippen molar-refractivity contribution in [2.24, 2.45) is 0 Å². The molecule has 0 unspecified atom stereocenters. The van der Waals surface area contributed by atoms with E-state index in [9.17, 15) is 9.59 Å². The number of hydrogen-bond acceptors (Lipinski definition) is 8. The molecule has 0 spiro atoms. The summed E-state index contributed by atoms with van der Waals surface area (Å²) in [5, 5.41) is 16.8. The Balaban J connectivity index is 1.26. The van der Waals surface area contributed by atoms with Crippen LogP contribution in [0.25, 0.3) is 5.82 Å². The van der Waals surface area contributed by atoms with Crippen LogP contribution in [-0.2, 0) is 5.41 Å². The topological polar surface area (TPSA) is 119 Å². The first kappa shape index (κ1) is 25.7. The highest BCUT2D eigenvalue weighted by Crippen LogP contribution is 2.32. The quantitative estimate of drug-likeness (QED) is 0.406. The van der Waals surface area contributed by atoms with E-state index in [4.69, 9.17) is 4.98 Å². The summed E-state index contributed by atoms with van der Waals surface area (Å²) in [5.74, 6) is 0.430. The molecule has 10 nitrogen and oxygen atoms in total. The fourth-order valence-corrected chi connectivity index (χ4v) is 5.21. The van der Waals surface area contributed by atoms with E-state index >= 15 is 0 Å². The first-order valence-electron chi connectivity index (χ1n) is 12.6. The van der Waals surface area contributed by atoms with E-state index in [1.54, 1.807) is 35.4 Å². The number of nitrogens with one attached hydrogen (secondary N) is 1. The predicted molar refractivity (Wildman–Crippen MR) is 145 cm³/mol. The Morgan fingerprint density at radius 3 is 2.50 bits per heavy atom. The van der Waals surface area contributed by atoms with E-state index < -0.39 is 0 Å². The van der Waals surface area contributed by atoms with Crippen molar-refractivity contribution in [1.82, 2.24) is 34.8 Å². The molecule has 0 bridgehead atoms. The minimum atomic E-state index is -0.244. The van der Waals surface area contributed by atoms with Gasteiger partial charge in [0, 0.05) is 48.7 Å². The van der Waals surface area contributed by atoms with Crippen LogP contribution in [0, 0.1) is 6.92 Å². The monoisotopic (exact) mass is 530 g/mol. The second-order valence-corrected chi connectivity index (χ2v) is 11.4. The van der Waals surface area contributed by atoms with Crippen LogP contribution in [0.3, 0.4) is 0 Å². The molecule has 1 aliphatic rings. The summed E-state index contributed by atoms with van der Waals surface area (Å²) < 4.78 is 1.65. The minimum absolute atomic E-state index is 0.0518. The summed E-state index contributed by atoms with van der Waals surface area (Å²) in [5.41, 5.74) is 2.55. The number of hydrogen-bond donors (Lipinski definition) is 1. The van der Waals surface area contributed by atoms with E-state index in [2.05, 4.69) is 46.4 Å². The molecule has 11 heteroatoms. The van der Waals surface area contributed by atoms with Gasteiger partial charge in [-0.15, -0.1) is 10.2 Å². The van der Waals surface area contributed by atoms with Crippen molar-refractivity contribution in [2.75, 3.05) is 18.4 Å². The molecule has 5 rings (SSSR count). The first-order chi connectivity index (χ1) is 18.2. The largest absolute Gasteiger partial charge is 0.339 e. The Bertz CT molecular complexity index is 1430. The van der Waals surface area contributed by atoms with Crippen LogP contribution in [0.4, 0.5) is 5.13 Å². The molecule has 1 aliphatic heterocycles. The molecule has 0 atom stereocenters. The van der Waals surface area contributed by atoms with Crippen LogP contribution in [0.5, 0.6) is 0 Å². The van der Waals surface area contributed by atoms with Gasteiger partial charge in [0.2, 0.25) is 5.13 Å². The number of piperidine rings is 1. The van der Waals surface area contributed by atoms with E-state index in [-0.39, 0.29) is 23.1 Å². The Morgan fingerprint density at radius 2 is 1.87 bits per heavy atom. The van der Waals surface area contributed by atoms with Crippen molar-refractivity contribution in [1.29, 1.82) is 0 Å². The molecule has 2 amide bonds. The van der Waals surface area contributed by atoms with Gasteiger partial charge >= 0.3 is 0 Å². The summed E-state index contributed by atoms with van der Waals surface area (Å²) in [7, 11) is 0. The van der Waals surface area contributed by atoms with Gasteiger partial charge in [-0.1, -0.05) is 32.1 Å². The number of carbonyl (C=O) groups excluding carboxylic acids is 2. The molecule has 1 N–H and O–H groups in total. The summed E-state index contributed by atoms with van der Waals surface area (Å²) in [4.78, 5) is 37.3. The highest BCUT2D eigenvalue weighted by atomic mass is 32.1. The predicted octanol–water partition coefficient (Wildman–Crippen LogP) is 4.39. The Hall–Kier alpha value is -3.99. The molecule has 4 aromatic rings. The van der Waals surface area contributed by atoms with Crippen LogP contribution >= 0.6 is 11.3 Å². The molecule has 0 radical (unpaired) electrons. The maximum absolute atomic E-state index is 13.2. The first-order valence-corrected chi connectivity index (χ1v) is 13.4. The van der Waals surface area contributed by atoms with Crippen molar-refractivity contribution < 1.29 is 9.59 Å². The number of pyridine rings is 2. The van der Waals surface area contributed by atoms with Crippen molar-refractivity contribution >= 4 is 28.3 Å². The second kappa shape index (κ2) is 10.4. The van der Waals surface area contributed by atoms with Crippen LogP contribution < -0.4 is 5.32 Å². The smallest absolute Gasteiger partial charge is 0.259 e. The van der Waals surface area contributed by atoms with E-state index in [1.165, 1.54) is 11.3 Å². The Kier molecular flexibility index (Phi) is 7.02. The van der Waals surface area contributed by atoms with Crippen LogP contribution in [-0.4, -0.2) is 59.7 Å². The number of rotatable bonds is 5. The molecule has 1 fully saturated rings. The average molecular weight is 531 g/mol. The third-order valence-electron chi connectivity index (χ3n) is 6.50. The van der Waals surface area contributed by atoms with Gasteiger partial charge in [-0.3, -0.25) is 19.9 Å². The Labute approximate surface area is 225 Å². The maximum Gasteiger partial charge on any atom is 0.259 e. The fraction of sp³-hybridized carbons (Fsp3) is 0.370. The number of nitrogens with zero attached hydrogens (tertiary/aromatic N) is 7. The summed E-state index contributed by atoms with van der Waals surface area (Å²) in [6.07, 6.45) is 6.51. The lowest BCUT2D eigenvalue weighted by atomic mass is 9.89. The third kappa shape index (κ3) is 5.47. The Morgan fingerprint density at radius 1 is 1.08 bits per heavy atom. The third-order valence-corrected chi connectivity index (χ3v) is 7.76. The van der Waals surface area contributed by atoms with Gasteiger partial charge in [-0.25, -0.2) is 9.67 Å². The molecule has 196 valence electrons. The average Bonchev–Trinajstić information content (AvgIpc) is 3.61. The van der Waals surface area contributed by atoms with E-state index in [0.29, 0.717) is 48.0 Å². The lowest BCUT2D eigenvalue weighted by molar-refractivity contribution is 0.0710. The van der Waals surface area contributed by atoms with Gasteiger partial charge in [0.25, 0.3) is 11.8 Å². The normalized spacial score (nSPS) is 14.5. The fourth-order valence-electron chi connectivity index (χ4n) is 4.41. The zero-order valence-electron chi connectivity index (χ0n) is 21.9. The SMILES string of the molecule is Cc1ccc(C(=O)Nc2nnc(C(C)(C)C)s2)c(C2CCN(C(=O)c3ccc(-n4cccn4)nc3)CC2)n1. The number of likely N-dealkylation sites (tertiary alicyclic amines) is 1. The van der Waals surface area contributed by atoms with Gasteiger partial charge in [-0.05, 0) is 50.1 Å². The zero-order chi connectivity index (χ0) is 26.9. The number of carbonyl (C=O) groups is 2. The number of aromatic nitrogens is 6. The van der Waals surface area contributed by atoms with E-state index in [1.807, 2.05) is 30.0 Å². The van der Waals surface area contributed by atoms with Crippen molar-refractivity contribution in [3.63, 3.8) is 0 Å². The van der Waals surface area contributed by atoms with Gasteiger partial charge in [0.15, 0.2) is 5.82 Å². The van der Waals surface area contributed by atoms with Gasteiger partial charge < -0.3 is 4.90 Å². The molecule has 4 aromatic heterocycles. The lowest BCUT2D eigenvalue weighted by Crippen LogP contribution is -2.38. The summed E-state index contributed by atoms with van der Waals surface area (Å²) in [6, 6.07) is 9.06. The number of amides is 2. The highest BCUT2D eigenvalue weighted by molar-refractivity contribution is 7.15.